The van der Waals surface area contributed by atoms with Gasteiger partial charge in [-0.25, -0.2) is 4.98 Å². The number of Topliss-reactive ketones (excluding diaryl/α,β-unsaturated/α-hetero) is 1. The lowest BCUT2D eigenvalue weighted by atomic mass is 9.93. The molecule has 4 heterocycles. The zero-order valence-corrected chi connectivity index (χ0v) is 17.6. The first-order chi connectivity index (χ1) is 15.2. The second-order valence-electron chi connectivity index (χ2n) is 9.05. The van der Waals surface area contributed by atoms with Crippen LogP contribution in [0, 0.1) is 11.8 Å². The van der Waals surface area contributed by atoms with Gasteiger partial charge < -0.3 is 20.4 Å². The number of fused-ring (bicyclic) bond motifs is 3. The molecule has 0 saturated heterocycles. The quantitative estimate of drug-likeness (QED) is 0.537. The molecule has 2 aliphatic carbocycles. The summed E-state index contributed by atoms with van der Waals surface area (Å²) in [7, 11) is 0. The molecule has 0 spiro atoms. The molecule has 3 aliphatic rings. The molecule has 0 bridgehead atoms. The van der Waals surface area contributed by atoms with Crippen LogP contribution in [0.3, 0.4) is 0 Å². The first kappa shape index (κ1) is 18.7. The highest BCUT2D eigenvalue weighted by molar-refractivity contribution is 5.98. The zero-order valence-electron chi connectivity index (χ0n) is 17.6. The molecule has 6 rings (SSSR count). The van der Waals surface area contributed by atoms with Crippen LogP contribution in [-0.2, 0) is 9.53 Å². The fourth-order valence-electron chi connectivity index (χ4n) is 5.10. The first-order valence-electron chi connectivity index (χ1n) is 11.3. The van der Waals surface area contributed by atoms with E-state index < -0.39 is 0 Å². The van der Waals surface area contributed by atoms with E-state index in [0.717, 1.165) is 48.4 Å². The summed E-state index contributed by atoms with van der Waals surface area (Å²) in [5.74, 6) is 3.10. The van der Waals surface area contributed by atoms with E-state index in [9.17, 15) is 4.79 Å². The maximum Gasteiger partial charge on any atom is 0.221 e. The van der Waals surface area contributed by atoms with Crippen molar-refractivity contribution < 1.29 is 9.53 Å². The molecular weight excluding hydrogens is 394 g/mol. The van der Waals surface area contributed by atoms with Gasteiger partial charge in [0.05, 0.1) is 11.7 Å². The highest BCUT2D eigenvalue weighted by atomic mass is 16.5. The molecule has 1 aliphatic heterocycles. The number of carbonyl (C=O) groups is 1. The van der Waals surface area contributed by atoms with Crippen LogP contribution in [0.25, 0.3) is 16.8 Å². The third kappa shape index (κ3) is 3.23. The largest absolute Gasteiger partial charge is 0.469 e. The molecule has 3 aromatic rings. The maximum absolute atomic E-state index is 12.3. The van der Waals surface area contributed by atoms with Gasteiger partial charge in [-0.1, -0.05) is 13.3 Å². The number of ketones is 1. The van der Waals surface area contributed by atoms with Crippen molar-refractivity contribution in [3.63, 3.8) is 0 Å². The van der Waals surface area contributed by atoms with Gasteiger partial charge in [0.25, 0.3) is 0 Å². The van der Waals surface area contributed by atoms with Gasteiger partial charge in [0.1, 0.15) is 11.5 Å². The van der Waals surface area contributed by atoms with Crippen molar-refractivity contribution in [1.29, 1.82) is 0 Å². The third-order valence-electron chi connectivity index (χ3n) is 6.97. The Morgan fingerprint density at radius 3 is 3.03 bits per heavy atom. The molecule has 0 amide bonds. The Labute approximate surface area is 179 Å². The molecule has 3 N–H and O–H groups in total. The predicted molar refractivity (Wildman–Crippen MR) is 114 cm³/mol. The monoisotopic (exact) mass is 421 g/mol. The van der Waals surface area contributed by atoms with Crippen LogP contribution in [-0.4, -0.2) is 49.5 Å². The van der Waals surface area contributed by atoms with Crippen LogP contribution in [0.5, 0.6) is 0 Å². The number of hydrogen-bond donors (Lipinski definition) is 3. The maximum atomic E-state index is 12.3. The fraction of sp³-hybridized carbons (Fsp3) is 0.545. The Morgan fingerprint density at radius 1 is 1.29 bits per heavy atom. The van der Waals surface area contributed by atoms with Crippen LogP contribution in [0.4, 0.5) is 0 Å². The SMILES string of the molecule is CC[C@@H]1C[C@H](NC2=C(NCC3CC3)C(=O)CO2)CC1c1nnc2cnc3[nH]ccc3n12. The lowest BCUT2D eigenvalue weighted by Crippen LogP contribution is -2.30. The van der Waals surface area contributed by atoms with E-state index >= 15 is 0 Å². The average molecular weight is 422 g/mol. The van der Waals surface area contributed by atoms with Crippen LogP contribution in [0.2, 0.25) is 0 Å². The van der Waals surface area contributed by atoms with Crippen LogP contribution in [0.1, 0.15) is 50.8 Å². The van der Waals surface area contributed by atoms with Gasteiger partial charge in [-0.05, 0) is 43.6 Å². The Morgan fingerprint density at radius 2 is 2.19 bits per heavy atom. The van der Waals surface area contributed by atoms with Gasteiger partial charge in [-0.3, -0.25) is 9.20 Å². The second-order valence-corrected chi connectivity index (χ2v) is 9.05. The molecule has 162 valence electrons. The standard InChI is InChI=1S/C22H27N7O2/c1-2-13-7-14(26-22-19(17(30)11-31-22)24-9-12-3-4-12)8-15(13)21-28-27-18-10-25-20-16(29(18)21)5-6-23-20/h5-6,10,12-15,23-24,26H,2-4,7-9,11H2,1H3/t13-,14+,15?/m1/s1. The summed E-state index contributed by atoms with van der Waals surface area (Å²) in [6.45, 7) is 3.21. The van der Waals surface area contributed by atoms with Gasteiger partial charge in [0, 0.05) is 24.7 Å². The predicted octanol–water partition coefficient (Wildman–Crippen LogP) is 2.24. The molecule has 3 atom stereocenters. The van der Waals surface area contributed by atoms with Crippen LogP contribution in [0.15, 0.2) is 30.0 Å². The number of ether oxygens (including phenoxy) is 1. The van der Waals surface area contributed by atoms with Crippen molar-refractivity contribution >= 4 is 22.6 Å². The molecule has 2 saturated carbocycles. The number of hydrogen-bond acceptors (Lipinski definition) is 7. The molecule has 2 fully saturated rings. The smallest absolute Gasteiger partial charge is 0.221 e. The van der Waals surface area contributed by atoms with E-state index in [1.807, 2.05) is 12.3 Å². The summed E-state index contributed by atoms with van der Waals surface area (Å²) < 4.78 is 7.85. The fourth-order valence-corrected chi connectivity index (χ4v) is 5.10. The second kappa shape index (κ2) is 7.25. The van der Waals surface area contributed by atoms with E-state index in [2.05, 4.69) is 42.1 Å². The number of H-pyrrole nitrogens is 1. The summed E-state index contributed by atoms with van der Waals surface area (Å²) in [5, 5.41) is 15.8. The Hall–Kier alpha value is -3.10. The number of nitrogens with one attached hydrogen (secondary N) is 3. The van der Waals surface area contributed by atoms with Crippen LogP contribution < -0.4 is 10.6 Å². The third-order valence-corrected chi connectivity index (χ3v) is 6.97. The number of carbonyl (C=O) groups excluding carboxylic acids is 1. The van der Waals surface area contributed by atoms with Gasteiger partial charge in [-0.15, -0.1) is 10.2 Å². The highest BCUT2D eigenvalue weighted by Crippen LogP contribution is 2.42. The van der Waals surface area contributed by atoms with Gasteiger partial charge in [0.2, 0.25) is 11.7 Å². The van der Waals surface area contributed by atoms with E-state index in [1.54, 1.807) is 6.20 Å². The summed E-state index contributed by atoms with van der Waals surface area (Å²) in [5.41, 5.74) is 3.23. The summed E-state index contributed by atoms with van der Waals surface area (Å²) in [4.78, 5) is 19.9. The van der Waals surface area contributed by atoms with Crippen molar-refractivity contribution in [2.45, 2.75) is 51.0 Å². The normalized spacial score (nSPS) is 26.2. The Balaban J connectivity index is 1.27. The van der Waals surface area contributed by atoms with Gasteiger partial charge in [-0.2, -0.15) is 0 Å². The zero-order chi connectivity index (χ0) is 20.9. The van der Waals surface area contributed by atoms with Crippen molar-refractivity contribution in [2.24, 2.45) is 11.8 Å². The van der Waals surface area contributed by atoms with E-state index in [-0.39, 0.29) is 24.3 Å². The van der Waals surface area contributed by atoms with Crippen LogP contribution >= 0.6 is 0 Å². The van der Waals surface area contributed by atoms with E-state index in [1.165, 1.54) is 12.8 Å². The van der Waals surface area contributed by atoms with Crippen molar-refractivity contribution in [1.82, 2.24) is 35.2 Å². The Bertz CT molecular complexity index is 1180. The topological polar surface area (TPSA) is 109 Å². The van der Waals surface area contributed by atoms with Crippen molar-refractivity contribution in [3.8, 4) is 0 Å². The minimum atomic E-state index is 0.0375. The minimum Gasteiger partial charge on any atom is -0.469 e. The number of aromatic nitrogens is 5. The number of nitrogens with zero attached hydrogens (tertiary/aromatic N) is 4. The van der Waals surface area contributed by atoms with Gasteiger partial charge in [0.15, 0.2) is 17.9 Å². The molecular formula is C22H27N7O2. The molecule has 9 heteroatoms. The highest BCUT2D eigenvalue weighted by Gasteiger charge is 2.39. The Kier molecular flexibility index (Phi) is 4.36. The molecule has 9 nitrogen and oxygen atoms in total. The van der Waals surface area contributed by atoms with Gasteiger partial charge >= 0.3 is 0 Å². The number of aromatic amines is 1. The van der Waals surface area contributed by atoms with E-state index in [0.29, 0.717) is 23.4 Å². The van der Waals surface area contributed by atoms with Crippen molar-refractivity contribution in [3.05, 3.63) is 35.9 Å². The molecule has 31 heavy (non-hydrogen) atoms. The number of rotatable bonds is 7. The first-order valence-corrected chi connectivity index (χ1v) is 11.3. The lowest BCUT2D eigenvalue weighted by Gasteiger charge is -2.16. The summed E-state index contributed by atoms with van der Waals surface area (Å²) in [6.07, 6.45) is 9.15. The lowest BCUT2D eigenvalue weighted by molar-refractivity contribution is -0.116. The summed E-state index contributed by atoms with van der Waals surface area (Å²) in [6, 6.07) is 2.25. The van der Waals surface area contributed by atoms with E-state index in [4.69, 9.17) is 4.74 Å². The molecule has 3 aromatic heterocycles. The van der Waals surface area contributed by atoms with Crippen molar-refractivity contribution in [2.75, 3.05) is 13.2 Å². The summed E-state index contributed by atoms with van der Waals surface area (Å²) >= 11 is 0. The molecule has 1 unspecified atom stereocenters. The average Bonchev–Trinajstić information content (AvgIpc) is 3.14. The molecule has 0 aromatic carbocycles. The minimum absolute atomic E-state index is 0.0375. The molecule has 0 radical (unpaired) electrons.